The molecule has 1 fully saturated rings. The number of alkyl halides is 3. The normalized spacial score (nSPS) is 29.1. The lowest BCUT2D eigenvalue weighted by molar-refractivity contribution is -0.139. The Morgan fingerprint density at radius 3 is 2.62 bits per heavy atom. The van der Waals surface area contributed by atoms with Gasteiger partial charge in [-0.15, -0.1) is 0 Å². The van der Waals surface area contributed by atoms with E-state index < -0.39 is 12.6 Å². The van der Waals surface area contributed by atoms with Crippen LogP contribution in [0.5, 0.6) is 0 Å². The van der Waals surface area contributed by atoms with Crippen LogP contribution in [-0.2, 0) is 0 Å². The fourth-order valence-corrected chi connectivity index (χ4v) is 2.06. The van der Waals surface area contributed by atoms with E-state index in [0.717, 1.165) is 25.9 Å². The van der Waals surface area contributed by atoms with Gasteiger partial charge in [0.2, 0.25) is 0 Å². The second-order valence-corrected chi connectivity index (χ2v) is 4.56. The molecule has 0 saturated carbocycles. The van der Waals surface area contributed by atoms with Gasteiger partial charge < -0.3 is 5.32 Å². The number of nitrogens with zero attached hydrogens (tertiary/aromatic N) is 1. The van der Waals surface area contributed by atoms with Gasteiger partial charge in [0.15, 0.2) is 0 Å². The Labute approximate surface area is 95.2 Å². The van der Waals surface area contributed by atoms with E-state index in [-0.39, 0.29) is 12.6 Å². The molecular formula is C11H21F3N2. The Bertz CT molecular complexity index is 206. The molecule has 2 unspecified atom stereocenters. The van der Waals surface area contributed by atoms with Crippen LogP contribution in [0.15, 0.2) is 0 Å². The minimum absolute atomic E-state index is 0.128. The predicted octanol–water partition coefficient (Wildman–Crippen LogP) is 2.40. The van der Waals surface area contributed by atoms with Gasteiger partial charge in [0.05, 0.1) is 6.42 Å². The summed E-state index contributed by atoms with van der Waals surface area (Å²) in [5.74, 6) is 0. The molecule has 0 aliphatic carbocycles. The number of hydrogen-bond donors (Lipinski definition) is 1. The van der Waals surface area contributed by atoms with Crippen molar-refractivity contribution in [3.63, 3.8) is 0 Å². The van der Waals surface area contributed by atoms with Crippen LogP contribution in [0.3, 0.4) is 0 Å². The lowest BCUT2D eigenvalue weighted by atomic mass is 10.2. The molecule has 0 bridgehead atoms. The van der Waals surface area contributed by atoms with Crippen LogP contribution >= 0.6 is 0 Å². The smallest absolute Gasteiger partial charge is 0.313 e. The molecular weight excluding hydrogens is 217 g/mol. The van der Waals surface area contributed by atoms with Crippen LogP contribution in [0, 0.1) is 0 Å². The second-order valence-electron chi connectivity index (χ2n) is 4.56. The van der Waals surface area contributed by atoms with Crippen LogP contribution < -0.4 is 5.32 Å². The van der Waals surface area contributed by atoms with E-state index in [9.17, 15) is 13.2 Å². The van der Waals surface area contributed by atoms with Crippen molar-refractivity contribution in [2.45, 2.75) is 51.4 Å². The van der Waals surface area contributed by atoms with Crippen molar-refractivity contribution >= 4 is 0 Å². The van der Waals surface area contributed by atoms with Crippen molar-refractivity contribution in [3.8, 4) is 0 Å². The van der Waals surface area contributed by atoms with E-state index in [2.05, 4.69) is 12.2 Å². The van der Waals surface area contributed by atoms with Gasteiger partial charge in [0.25, 0.3) is 0 Å². The summed E-state index contributed by atoms with van der Waals surface area (Å²) >= 11 is 0. The topological polar surface area (TPSA) is 15.3 Å². The van der Waals surface area contributed by atoms with E-state index >= 15 is 0 Å². The van der Waals surface area contributed by atoms with Gasteiger partial charge >= 0.3 is 6.18 Å². The standard InChI is InChI=1S/C11H21F3N2/c1-3-10-8-16(7-5-11(12,13)14)9(2)4-6-15-10/h9-10,15H,3-8H2,1-2H3. The molecule has 1 rings (SSSR count). The molecule has 96 valence electrons. The minimum atomic E-state index is -4.04. The molecule has 5 heteroatoms. The molecule has 1 aliphatic rings. The van der Waals surface area contributed by atoms with Crippen LogP contribution in [-0.4, -0.2) is 42.8 Å². The largest absolute Gasteiger partial charge is 0.390 e. The summed E-state index contributed by atoms with van der Waals surface area (Å²) in [6.07, 6.45) is -2.85. The lowest BCUT2D eigenvalue weighted by Gasteiger charge is -2.29. The molecule has 0 spiro atoms. The van der Waals surface area contributed by atoms with Crippen molar-refractivity contribution in [1.82, 2.24) is 10.2 Å². The first-order chi connectivity index (χ1) is 7.42. The van der Waals surface area contributed by atoms with Gasteiger partial charge in [-0.25, -0.2) is 0 Å². The summed E-state index contributed by atoms with van der Waals surface area (Å²) in [4.78, 5) is 1.96. The lowest BCUT2D eigenvalue weighted by Crippen LogP contribution is -2.41. The maximum Gasteiger partial charge on any atom is 0.390 e. The average molecular weight is 238 g/mol. The predicted molar refractivity (Wildman–Crippen MR) is 58.4 cm³/mol. The van der Waals surface area contributed by atoms with Gasteiger partial charge in [-0.2, -0.15) is 13.2 Å². The second kappa shape index (κ2) is 5.87. The van der Waals surface area contributed by atoms with Crippen molar-refractivity contribution in [2.24, 2.45) is 0 Å². The SMILES string of the molecule is CCC1CN(CCC(F)(F)F)C(C)CCN1. The highest BCUT2D eigenvalue weighted by molar-refractivity contribution is 4.80. The number of nitrogens with one attached hydrogen (secondary N) is 1. The zero-order valence-corrected chi connectivity index (χ0v) is 9.98. The number of hydrogen-bond acceptors (Lipinski definition) is 2. The Hall–Kier alpha value is -0.290. The maximum atomic E-state index is 12.2. The zero-order chi connectivity index (χ0) is 12.2. The molecule has 0 aromatic heterocycles. The van der Waals surface area contributed by atoms with E-state index in [1.54, 1.807) is 0 Å². The van der Waals surface area contributed by atoms with E-state index in [1.165, 1.54) is 0 Å². The molecule has 16 heavy (non-hydrogen) atoms. The minimum Gasteiger partial charge on any atom is -0.313 e. The first-order valence-corrected chi connectivity index (χ1v) is 5.96. The van der Waals surface area contributed by atoms with Crippen molar-refractivity contribution in [3.05, 3.63) is 0 Å². The van der Waals surface area contributed by atoms with E-state index in [1.807, 2.05) is 11.8 Å². The summed E-state index contributed by atoms with van der Waals surface area (Å²) in [7, 11) is 0. The summed E-state index contributed by atoms with van der Waals surface area (Å²) in [5, 5.41) is 3.37. The van der Waals surface area contributed by atoms with E-state index in [0.29, 0.717) is 6.04 Å². The van der Waals surface area contributed by atoms with Gasteiger partial charge in [-0.3, -0.25) is 4.90 Å². The van der Waals surface area contributed by atoms with Gasteiger partial charge in [0, 0.05) is 25.2 Å². The van der Waals surface area contributed by atoms with Crippen molar-refractivity contribution < 1.29 is 13.2 Å². The molecule has 0 aromatic rings. The fourth-order valence-electron chi connectivity index (χ4n) is 2.06. The monoisotopic (exact) mass is 238 g/mol. The maximum absolute atomic E-state index is 12.2. The Balaban J connectivity index is 2.47. The van der Waals surface area contributed by atoms with Crippen LogP contribution in [0.1, 0.15) is 33.1 Å². The van der Waals surface area contributed by atoms with Crippen LogP contribution in [0.25, 0.3) is 0 Å². The summed E-state index contributed by atoms with van der Waals surface area (Å²) in [5.41, 5.74) is 0. The zero-order valence-electron chi connectivity index (χ0n) is 9.98. The summed E-state index contributed by atoms with van der Waals surface area (Å²) in [6, 6.07) is 0.574. The van der Waals surface area contributed by atoms with Crippen molar-refractivity contribution in [2.75, 3.05) is 19.6 Å². The Morgan fingerprint density at radius 2 is 2.06 bits per heavy atom. The Morgan fingerprint density at radius 1 is 1.38 bits per heavy atom. The third-order valence-corrected chi connectivity index (χ3v) is 3.25. The number of rotatable bonds is 3. The van der Waals surface area contributed by atoms with Crippen molar-refractivity contribution in [1.29, 1.82) is 0 Å². The van der Waals surface area contributed by atoms with Gasteiger partial charge in [-0.1, -0.05) is 6.92 Å². The molecule has 0 aromatic carbocycles. The summed E-state index contributed by atoms with van der Waals surface area (Å²) < 4.78 is 36.5. The van der Waals surface area contributed by atoms with Gasteiger partial charge in [0.1, 0.15) is 0 Å². The molecule has 1 aliphatic heterocycles. The molecule has 1 saturated heterocycles. The van der Waals surface area contributed by atoms with Crippen LogP contribution in [0.2, 0.25) is 0 Å². The first kappa shape index (κ1) is 13.8. The summed E-state index contributed by atoms with van der Waals surface area (Å²) in [6.45, 7) is 5.84. The van der Waals surface area contributed by atoms with Gasteiger partial charge in [-0.05, 0) is 26.3 Å². The molecule has 0 amide bonds. The van der Waals surface area contributed by atoms with Crippen LogP contribution in [0.4, 0.5) is 13.2 Å². The highest BCUT2D eigenvalue weighted by atomic mass is 19.4. The molecule has 2 nitrogen and oxygen atoms in total. The third kappa shape index (κ3) is 4.70. The first-order valence-electron chi connectivity index (χ1n) is 5.96. The quantitative estimate of drug-likeness (QED) is 0.812. The fraction of sp³-hybridized carbons (Fsp3) is 1.00. The highest BCUT2D eigenvalue weighted by Crippen LogP contribution is 2.21. The Kier molecular flexibility index (Phi) is 5.05. The average Bonchev–Trinajstić information content (AvgIpc) is 2.36. The molecule has 2 atom stereocenters. The number of halogens is 3. The molecule has 1 heterocycles. The molecule has 1 N–H and O–H groups in total. The molecule has 0 radical (unpaired) electrons. The highest BCUT2D eigenvalue weighted by Gasteiger charge is 2.30. The van der Waals surface area contributed by atoms with E-state index in [4.69, 9.17) is 0 Å². The third-order valence-electron chi connectivity index (χ3n) is 3.25.